The molecule has 0 bridgehead atoms. The van der Waals surface area contributed by atoms with Crippen molar-refractivity contribution in [2.75, 3.05) is 33.2 Å². The minimum atomic E-state index is -0.194. The molecule has 2 atom stereocenters. The standard InChI is InChI=1S/C18H23N5OS/c1-12-5-4-6-14(11-12)15(22-9-7-21(3)8-10-22)16-17(24)23-18(25-16)19-13(2)20-23/h4-6,11,15-16H,7-10H2,1-3H3. The van der Waals surface area contributed by atoms with Crippen LogP contribution in [0.15, 0.2) is 29.4 Å². The Bertz CT molecular complexity index is 797. The third-order valence-electron chi connectivity index (χ3n) is 4.97. The molecule has 1 aromatic carbocycles. The Morgan fingerprint density at radius 3 is 2.64 bits per heavy atom. The highest BCUT2D eigenvalue weighted by molar-refractivity contribution is 8.00. The lowest BCUT2D eigenvalue weighted by Gasteiger charge is -2.39. The van der Waals surface area contributed by atoms with Crippen molar-refractivity contribution in [3.05, 3.63) is 41.2 Å². The average molecular weight is 357 g/mol. The van der Waals surface area contributed by atoms with Crippen molar-refractivity contribution in [1.29, 1.82) is 0 Å². The number of likely N-dealkylation sites (N-methyl/N-ethyl adjacent to an activating group) is 1. The highest BCUT2D eigenvalue weighted by atomic mass is 32.2. The Morgan fingerprint density at radius 1 is 1.20 bits per heavy atom. The van der Waals surface area contributed by atoms with Gasteiger partial charge < -0.3 is 4.90 Å². The van der Waals surface area contributed by atoms with Crippen molar-refractivity contribution in [3.63, 3.8) is 0 Å². The van der Waals surface area contributed by atoms with Crippen LogP contribution >= 0.6 is 11.8 Å². The maximum Gasteiger partial charge on any atom is 0.264 e. The zero-order valence-electron chi connectivity index (χ0n) is 14.8. The second-order valence-electron chi connectivity index (χ2n) is 6.93. The van der Waals surface area contributed by atoms with Crippen molar-refractivity contribution >= 4 is 17.7 Å². The summed E-state index contributed by atoms with van der Waals surface area (Å²) in [4.78, 5) is 22.2. The summed E-state index contributed by atoms with van der Waals surface area (Å²) in [5.74, 6) is 0.701. The molecule has 7 heteroatoms. The fourth-order valence-electron chi connectivity index (χ4n) is 3.63. The predicted molar refractivity (Wildman–Crippen MR) is 98.0 cm³/mol. The normalized spacial score (nSPS) is 23.0. The molecule has 0 radical (unpaired) electrons. The van der Waals surface area contributed by atoms with E-state index in [0.717, 1.165) is 31.3 Å². The molecule has 2 aromatic rings. The molecule has 3 heterocycles. The van der Waals surface area contributed by atoms with Crippen molar-refractivity contribution in [1.82, 2.24) is 24.6 Å². The summed E-state index contributed by atoms with van der Waals surface area (Å²) in [6, 6.07) is 8.58. The van der Waals surface area contributed by atoms with E-state index < -0.39 is 0 Å². The van der Waals surface area contributed by atoms with Crippen LogP contribution in [0.3, 0.4) is 0 Å². The van der Waals surface area contributed by atoms with Crippen LogP contribution < -0.4 is 0 Å². The number of aromatic nitrogens is 3. The van der Waals surface area contributed by atoms with E-state index in [2.05, 4.69) is 58.1 Å². The number of piperazine rings is 1. The van der Waals surface area contributed by atoms with E-state index in [9.17, 15) is 4.79 Å². The van der Waals surface area contributed by atoms with Crippen LogP contribution in [0, 0.1) is 13.8 Å². The molecular formula is C18H23N5OS. The van der Waals surface area contributed by atoms with Crippen molar-refractivity contribution in [2.45, 2.75) is 30.3 Å². The van der Waals surface area contributed by atoms with Gasteiger partial charge in [-0.25, -0.2) is 4.98 Å². The Morgan fingerprint density at radius 2 is 1.96 bits per heavy atom. The number of fused-ring (bicyclic) bond motifs is 1. The molecule has 0 aliphatic carbocycles. The first-order chi connectivity index (χ1) is 12.0. The van der Waals surface area contributed by atoms with E-state index >= 15 is 0 Å². The highest BCUT2D eigenvalue weighted by Crippen LogP contribution is 2.41. The minimum Gasteiger partial charge on any atom is -0.304 e. The predicted octanol–water partition coefficient (Wildman–Crippen LogP) is 2.00. The Balaban J connectivity index is 1.68. The molecule has 1 saturated heterocycles. The number of benzene rings is 1. The van der Waals surface area contributed by atoms with Crippen LogP contribution in [0.2, 0.25) is 0 Å². The van der Waals surface area contributed by atoms with Crippen LogP contribution in [0.1, 0.15) is 27.8 Å². The maximum atomic E-state index is 13.0. The molecule has 0 N–H and O–H groups in total. The first-order valence-electron chi connectivity index (χ1n) is 8.66. The summed E-state index contributed by atoms with van der Waals surface area (Å²) in [5.41, 5.74) is 2.43. The van der Waals surface area contributed by atoms with Crippen LogP contribution in [0.25, 0.3) is 0 Å². The number of aryl methyl sites for hydroxylation is 2. The zero-order valence-corrected chi connectivity index (χ0v) is 15.7. The van der Waals surface area contributed by atoms with Crippen LogP contribution in [-0.2, 0) is 0 Å². The van der Waals surface area contributed by atoms with Gasteiger partial charge in [0.2, 0.25) is 0 Å². The third-order valence-corrected chi connectivity index (χ3v) is 6.16. The van der Waals surface area contributed by atoms with E-state index in [1.54, 1.807) is 11.8 Å². The van der Waals surface area contributed by atoms with E-state index in [1.165, 1.54) is 15.8 Å². The molecule has 0 amide bonds. The molecule has 2 aliphatic heterocycles. The summed E-state index contributed by atoms with van der Waals surface area (Å²) in [7, 11) is 2.15. The topological polar surface area (TPSA) is 54.3 Å². The van der Waals surface area contributed by atoms with Crippen molar-refractivity contribution in [3.8, 4) is 0 Å². The van der Waals surface area contributed by atoms with E-state index in [-0.39, 0.29) is 17.2 Å². The van der Waals surface area contributed by atoms with Gasteiger partial charge in [-0.2, -0.15) is 4.68 Å². The quantitative estimate of drug-likeness (QED) is 0.837. The largest absolute Gasteiger partial charge is 0.304 e. The molecule has 6 nitrogen and oxygen atoms in total. The summed E-state index contributed by atoms with van der Waals surface area (Å²) in [6.07, 6.45) is 0. The molecule has 2 unspecified atom stereocenters. The fraction of sp³-hybridized carbons (Fsp3) is 0.500. The summed E-state index contributed by atoms with van der Waals surface area (Å²) in [6.45, 7) is 7.91. The Labute approximate surface area is 152 Å². The van der Waals surface area contributed by atoms with Crippen LogP contribution in [-0.4, -0.2) is 68.9 Å². The van der Waals surface area contributed by atoms with Crippen LogP contribution in [0.5, 0.6) is 0 Å². The van der Waals surface area contributed by atoms with Gasteiger partial charge in [0.1, 0.15) is 11.1 Å². The lowest BCUT2D eigenvalue weighted by atomic mass is 9.98. The van der Waals surface area contributed by atoms with Crippen molar-refractivity contribution in [2.24, 2.45) is 0 Å². The monoisotopic (exact) mass is 357 g/mol. The van der Waals surface area contributed by atoms with E-state index in [1.807, 2.05) is 6.92 Å². The highest BCUT2D eigenvalue weighted by Gasteiger charge is 2.43. The molecule has 1 fully saturated rings. The molecule has 0 spiro atoms. The van der Waals surface area contributed by atoms with Gasteiger partial charge in [-0.05, 0) is 26.5 Å². The summed E-state index contributed by atoms with van der Waals surface area (Å²) in [5, 5.41) is 4.81. The number of hydrogen-bond donors (Lipinski definition) is 0. The summed E-state index contributed by atoms with van der Waals surface area (Å²) >= 11 is 1.55. The average Bonchev–Trinajstić information content (AvgIpc) is 3.08. The number of hydrogen-bond acceptors (Lipinski definition) is 6. The number of rotatable bonds is 3. The number of carbonyl (C=O) groups is 1. The lowest BCUT2D eigenvalue weighted by Crippen LogP contribution is -2.49. The van der Waals surface area contributed by atoms with Gasteiger partial charge in [-0.15, -0.1) is 5.10 Å². The molecule has 2 aliphatic rings. The Hall–Kier alpha value is -1.70. The number of thioether (sulfide) groups is 1. The second kappa shape index (κ2) is 6.55. The number of carbonyl (C=O) groups excluding carboxylic acids is 1. The van der Waals surface area contributed by atoms with Gasteiger partial charge >= 0.3 is 0 Å². The molecule has 132 valence electrons. The zero-order chi connectivity index (χ0) is 17.6. The third kappa shape index (κ3) is 3.12. The lowest BCUT2D eigenvalue weighted by molar-refractivity contribution is 0.0766. The van der Waals surface area contributed by atoms with Gasteiger partial charge in [0.15, 0.2) is 5.16 Å². The Kier molecular flexibility index (Phi) is 4.39. The number of nitrogens with zero attached hydrogens (tertiary/aromatic N) is 5. The fourth-order valence-corrected chi connectivity index (χ4v) is 4.93. The first kappa shape index (κ1) is 16.8. The molecule has 4 rings (SSSR count). The summed E-state index contributed by atoms with van der Waals surface area (Å²) < 4.78 is 1.49. The van der Waals surface area contributed by atoms with Gasteiger partial charge in [0.05, 0.1) is 6.04 Å². The van der Waals surface area contributed by atoms with Gasteiger partial charge in [0.25, 0.3) is 5.91 Å². The van der Waals surface area contributed by atoms with E-state index in [0.29, 0.717) is 5.82 Å². The SMILES string of the molecule is Cc1cccc(C(C2Sc3nc(C)nn3C2=O)N2CCN(C)CC2)c1. The van der Waals surface area contributed by atoms with Crippen molar-refractivity contribution < 1.29 is 4.79 Å². The second-order valence-corrected chi connectivity index (χ2v) is 8.04. The maximum absolute atomic E-state index is 13.0. The van der Waals surface area contributed by atoms with E-state index in [4.69, 9.17) is 0 Å². The molecule has 1 aromatic heterocycles. The molecule has 25 heavy (non-hydrogen) atoms. The van der Waals surface area contributed by atoms with Gasteiger partial charge in [-0.1, -0.05) is 41.6 Å². The van der Waals surface area contributed by atoms with Gasteiger partial charge in [0, 0.05) is 26.2 Å². The molecular weight excluding hydrogens is 334 g/mol. The minimum absolute atomic E-state index is 0.0473. The smallest absolute Gasteiger partial charge is 0.264 e. The molecule has 0 saturated carbocycles. The van der Waals surface area contributed by atoms with Gasteiger partial charge in [-0.3, -0.25) is 9.69 Å². The first-order valence-corrected chi connectivity index (χ1v) is 9.54. The van der Waals surface area contributed by atoms with Crippen LogP contribution in [0.4, 0.5) is 0 Å².